The molecule has 2 unspecified atom stereocenters. The lowest BCUT2D eigenvalue weighted by Gasteiger charge is -2.19. The summed E-state index contributed by atoms with van der Waals surface area (Å²) in [6, 6.07) is -0.675. The van der Waals surface area contributed by atoms with E-state index in [1.165, 1.54) is 96.3 Å². The molecule has 0 aliphatic rings. The Hall–Kier alpha value is -1.91. The fraction of sp³-hybridized carbons (Fsp3) is 0.718. The van der Waals surface area contributed by atoms with Crippen molar-refractivity contribution in [3.05, 3.63) is 60.8 Å². The lowest BCUT2D eigenvalue weighted by molar-refractivity contribution is -0.122. The van der Waals surface area contributed by atoms with Crippen LogP contribution in [-0.4, -0.2) is 34.9 Å². The van der Waals surface area contributed by atoms with Crippen molar-refractivity contribution in [1.29, 1.82) is 0 Å². The van der Waals surface area contributed by atoms with Crippen LogP contribution in [0.2, 0.25) is 0 Å². The van der Waals surface area contributed by atoms with Crippen LogP contribution in [0.4, 0.5) is 0 Å². The number of rotatable bonds is 31. The van der Waals surface area contributed by atoms with Crippen molar-refractivity contribution >= 4 is 5.91 Å². The highest BCUT2D eigenvalue weighted by Gasteiger charge is 2.17. The molecule has 0 aliphatic carbocycles. The summed E-state index contributed by atoms with van der Waals surface area (Å²) < 4.78 is 0. The second kappa shape index (κ2) is 34.6. The van der Waals surface area contributed by atoms with Gasteiger partial charge in [-0.3, -0.25) is 4.79 Å². The molecule has 0 aromatic heterocycles. The summed E-state index contributed by atoms with van der Waals surface area (Å²) in [5, 5.41) is 22.8. The largest absolute Gasteiger partial charge is 0.394 e. The van der Waals surface area contributed by atoms with Gasteiger partial charge in [0.15, 0.2) is 0 Å². The normalized spacial score (nSPS) is 13.9. The molecule has 0 rings (SSSR count). The van der Waals surface area contributed by atoms with Gasteiger partial charge in [0.25, 0.3) is 0 Å². The number of nitrogens with one attached hydrogen (secondary N) is 1. The molecule has 0 fully saturated rings. The van der Waals surface area contributed by atoms with Crippen molar-refractivity contribution in [2.24, 2.45) is 0 Å². The number of unbranched alkanes of at least 4 members (excludes halogenated alkanes) is 16. The average Bonchev–Trinajstić information content (AvgIpc) is 3.01. The zero-order valence-electron chi connectivity index (χ0n) is 28.2. The van der Waals surface area contributed by atoms with Gasteiger partial charge in [-0.15, -0.1) is 0 Å². The first-order valence-corrected chi connectivity index (χ1v) is 18.0. The third-order valence-corrected chi connectivity index (χ3v) is 7.71. The number of aliphatic hydroxyl groups is 2. The van der Waals surface area contributed by atoms with Gasteiger partial charge in [0, 0.05) is 6.42 Å². The maximum Gasteiger partial charge on any atom is 0.220 e. The SMILES string of the molecule is CCCCCCCC/C=C\C/C=C\CCC(=O)NC(CO)C(O)/C=C/CC/C=C/CC/C=C/CCCCCCCCCC. The number of aliphatic hydroxyl groups excluding tert-OH is 2. The standard InChI is InChI=1S/C39H69NO3/c1-3-5-7-9-11-13-15-17-18-19-20-21-23-24-26-28-30-32-34-38(42)37(36-41)40-39(43)35-33-31-29-27-25-22-16-14-12-10-8-6-4-2/h19-20,22,24-26,29,31-32,34,37-38,41-42H,3-18,21,23,27-28,30,33,35-36H2,1-2H3,(H,40,43)/b20-19+,25-22-,26-24+,31-29-,34-32+. The quantitative estimate of drug-likeness (QED) is 0.0548. The van der Waals surface area contributed by atoms with E-state index < -0.39 is 12.1 Å². The van der Waals surface area contributed by atoms with Crippen molar-refractivity contribution in [3.8, 4) is 0 Å². The molecule has 0 spiro atoms. The Balaban J connectivity index is 3.81. The van der Waals surface area contributed by atoms with Crippen molar-refractivity contribution in [1.82, 2.24) is 5.32 Å². The number of allylic oxidation sites excluding steroid dienone is 9. The number of hydrogen-bond donors (Lipinski definition) is 3. The third-order valence-electron chi connectivity index (χ3n) is 7.71. The van der Waals surface area contributed by atoms with E-state index in [4.69, 9.17) is 0 Å². The number of carbonyl (C=O) groups is 1. The highest BCUT2D eigenvalue weighted by molar-refractivity contribution is 5.76. The second-order valence-corrected chi connectivity index (χ2v) is 11.9. The summed E-state index contributed by atoms with van der Waals surface area (Å²) in [5.41, 5.74) is 0. The van der Waals surface area contributed by atoms with Crippen LogP contribution in [0.3, 0.4) is 0 Å². The molecule has 0 bridgehead atoms. The lowest BCUT2D eigenvalue weighted by Crippen LogP contribution is -2.45. The van der Waals surface area contributed by atoms with Gasteiger partial charge in [0.1, 0.15) is 0 Å². The molecule has 0 saturated heterocycles. The Bertz CT molecular complexity index is 737. The minimum absolute atomic E-state index is 0.149. The molecule has 2 atom stereocenters. The van der Waals surface area contributed by atoms with E-state index in [0.29, 0.717) is 12.8 Å². The molecular formula is C39H69NO3. The van der Waals surface area contributed by atoms with Gasteiger partial charge in [-0.2, -0.15) is 0 Å². The topological polar surface area (TPSA) is 69.6 Å². The van der Waals surface area contributed by atoms with Crippen LogP contribution >= 0.6 is 0 Å². The molecule has 0 aliphatic heterocycles. The zero-order valence-corrected chi connectivity index (χ0v) is 28.2. The van der Waals surface area contributed by atoms with E-state index >= 15 is 0 Å². The summed E-state index contributed by atoms with van der Waals surface area (Å²) in [5.74, 6) is -0.149. The molecule has 248 valence electrons. The van der Waals surface area contributed by atoms with Crippen molar-refractivity contribution in [2.75, 3.05) is 6.61 Å². The van der Waals surface area contributed by atoms with Crippen LogP contribution in [0.25, 0.3) is 0 Å². The van der Waals surface area contributed by atoms with Crippen molar-refractivity contribution in [2.45, 2.75) is 174 Å². The molecule has 43 heavy (non-hydrogen) atoms. The third kappa shape index (κ3) is 31.3. The van der Waals surface area contributed by atoms with Crippen LogP contribution < -0.4 is 5.32 Å². The van der Waals surface area contributed by atoms with Gasteiger partial charge >= 0.3 is 0 Å². The van der Waals surface area contributed by atoms with E-state index in [1.54, 1.807) is 6.08 Å². The molecule has 1 amide bonds. The smallest absolute Gasteiger partial charge is 0.220 e. The molecular weight excluding hydrogens is 530 g/mol. The molecule has 4 heteroatoms. The van der Waals surface area contributed by atoms with Crippen molar-refractivity contribution in [3.63, 3.8) is 0 Å². The van der Waals surface area contributed by atoms with Crippen molar-refractivity contribution < 1.29 is 15.0 Å². The molecule has 0 aromatic carbocycles. The molecule has 0 saturated carbocycles. The molecule has 3 N–H and O–H groups in total. The first-order chi connectivity index (χ1) is 21.2. The Morgan fingerprint density at radius 3 is 1.49 bits per heavy atom. The predicted molar refractivity (Wildman–Crippen MR) is 188 cm³/mol. The highest BCUT2D eigenvalue weighted by Crippen LogP contribution is 2.10. The van der Waals surface area contributed by atoms with E-state index in [0.717, 1.165) is 38.5 Å². The highest BCUT2D eigenvalue weighted by atomic mass is 16.3. The average molecular weight is 600 g/mol. The Labute approximate surface area is 266 Å². The number of carbonyl (C=O) groups excluding carboxylic acids is 1. The van der Waals surface area contributed by atoms with Crippen LogP contribution in [0.1, 0.15) is 162 Å². The van der Waals surface area contributed by atoms with Crippen LogP contribution in [0, 0.1) is 0 Å². The molecule has 0 aromatic rings. The monoisotopic (exact) mass is 600 g/mol. The van der Waals surface area contributed by atoms with E-state index in [9.17, 15) is 15.0 Å². The first-order valence-electron chi connectivity index (χ1n) is 18.0. The summed E-state index contributed by atoms with van der Waals surface area (Å²) in [6.45, 7) is 4.23. The zero-order chi connectivity index (χ0) is 31.5. The number of amides is 1. The lowest BCUT2D eigenvalue weighted by atomic mass is 10.1. The Morgan fingerprint density at radius 1 is 0.558 bits per heavy atom. The van der Waals surface area contributed by atoms with E-state index in [1.807, 2.05) is 12.2 Å². The van der Waals surface area contributed by atoms with E-state index in [-0.39, 0.29) is 12.5 Å². The van der Waals surface area contributed by atoms with Crippen LogP contribution in [-0.2, 0) is 4.79 Å². The molecule has 0 heterocycles. The second-order valence-electron chi connectivity index (χ2n) is 11.9. The van der Waals surface area contributed by atoms with Gasteiger partial charge in [0.2, 0.25) is 5.91 Å². The molecule has 0 radical (unpaired) electrons. The minimum atomic E-state index is -0.892. The van der Waals surface area contributed by atoms with Crippen LogP contribution in [0.5, 0.6) is 0 Å². The maximum atomic E-state index is 12.2. The minimum Gasteiger partial charge on any atom is -0.394 e. The predicted octanol–water partition coefficient (Wildman–Crippen LogP) is 10.6. The fourth-order valence-electron chi connectivity index (χ4n) is 4.90. The molecule has 4 nitrogen and oxygen atoms in total. The summed E-state index contributed by atoms with van der Waals surface area (Å²) in [4.78, 5) is 12.2. The summed E-state index contributed by atoms with van der Waals surface area (Å²) in [6.07, 6.45) is 47.4. The summed E-state index contributed by atoms with van der Waals surface area (Å²) >= 11 is 0. The fourth-order valence-corrected chi connectivity index (χ4v) is 4.90. The van der Waals surface area contributed by atoms with Gasteiger partial charge in [0.05, 0.1) is 18.8 Å². The van der Waals surface area contributed by atoms with Gasteiger partial charge < -0.3 is 15.5 Å². The maximum absolute atomic E-state index is 12.2. The van der Waals surface area contributed by atoms with E-state index in [2.05, 4.69) is 61.7 Å². The number of hydrogen-bond acceptors (Lipinski definition) is 3. The van der Waals surface area contributed by atoms with Gasteiger partial charge in [-0.25, -0.2) is 0 Å². The van der Waals surface area contributed by atoms with Crippen LogP contribution in [0.15, 0.2) is 60.8 Å². The summed E-state index contributed by atoms with van der Waals surface area (Å²) in [7, 11) is 0. The van der Waals surface area contributed by atoms with Gasteiger partial charge in [-0.1, -0.05) is 152 Å². The van der Waals surface area contributed by atoms with Gasteiger partial charge in [-0.05, 0) is 64.2 Å². The Kier molecular flexibility index (Phi) is 33.0. The first kappa shape index (κ1) is 41.1. The Morgan fingerprint density at radius 2 is 0.977 bits per heavy atom.